The highest BCUT2D eigenvalue weighted by atomic mass is 16.1. The van der Waals surface area contributed by atoms with Gasteiger partial charge in [0.05, 0.1) is 0 Å². The zero-order valence-electron chi connectivity index (χ0n) is 11.9. The molecule has 0 spiro atoms. The molecule has 0 heterocycles. The van der Waals surface area contributed by atoms with Crippen molar-refractivity contribution in [1.29, 1.82) is 0 Å². The first-order valence-corrected chi connectivity index (χ1v) is 6.94. The van der Waals surface area contributed by atoms with E-state index in [9.17, 15) is 4.79 Å². The van der Waals surface area contributed by atoms with Gasteiger partial charge in [-0.15, -0.1) is 0 Å². The number of hydrogen-bond acceptors (Lipinski definition) is 2. The van der Waals surface area contributed by atoms with E-state index < -0.39 is 0 Å². The Labute approximate surface area is 111 Å². The Balaban J connectivity index is 2.31. The highest BCUT2D eigenvalue weighted by Gasteiger charge is 2.08. The first-order valence-electron chi connectivity index (χ1n) is 6.94. The zero-order valence-corrected chi connectivity index (χ0v) is 11.9. The molecule has 0 aliphatic rings. The molecule has 1 rings (SSSR count). The lowest BCUT2D eigenvalue weighted by Gasteiger charge is -2.22. The minimum Gasteiger partial charge on any atom is -0.303 e. The average molecular weight is 247 g/mol. The molecule has 0 atom stereocenters. The normalized spacial score (nSPS) is 11.2. The van der Waals surface area contributed by atoms with Crippen molar-refractivity contribution in [2.45, 2.75) is 33.6 Å². The van der Waals surface area contributed by atoms with Crippen molar-refractivity contribution in [1.82, 2.24) is 4.90 Å². The summed E-state index contributed by atoms with van der Waals surface area (Å²) < 4.78 is 0. The fourth-order valence-corrected chi connectivity index (χ4v) is 2.13. The molecule has 0 unspecified atom stereocenters. The van der Waals surface area contributed by atoms with Crippen molar-refractivity contribution >= 4 is 5.78 Å². The second kappa shape index (κ2) is 8.04. The van der Waals surface area contributed by atoms with Crippen molar-refractivity contribution in [3.05, 3.63) is 35.9 Å². The third kappa shape index (κ3) is 5.46. The van der Waals surface area contributed by atoms with Gasteiger partial charge in [0.25, 0.3) is 0 Å². The van der Waals surface area contributed by atoms with Crippen LogP contribution in [0, 0.1) is 5.92 Å². The first-order chi connectivity index (χ1) is 8.63. The predicted octanol–water partition coefficient (Wildman–Crippen LogP) is 3.63. The highest BCUT2D eigenvalue weighted by Crippen LogP contribution is 2.07. The van der Waals surface area contributed by atoms with Crippen LogP contribution in [-0.2, 0) is 0 Å². The van der Waals surface area contributed by atoms with Gasteiger partial charge in [-0.25, -0.2) is 0 Å². The van der Waals surface area contributed by atoms with E-state index in [2.05, 4.69) is 25.7 Å². The summed E-state index contributed by atoms with van der Waals surface area (Å²) in [6.45, 7) is 9.86. The van der Waals surface area contributed by atoms with Crippen LogP contribution in [0.2, 0.25) is 0 Å². The van der Waals surface area contributed by atoms with Crippen LogP contribution >= 0.6 is 0 Å². The topological polar surface area (TPSA) is 20.3 Å². The Kier molecular flexibility index (Phi) is 6.66. The fourth-order valence-electron chi connectivity index (χ4n) is 2.13. The van der Waals surface area contributed by atoms with Crippen LogP contribution in [0.5, 0.6) is 0 Å². The van der Waals surface area contributed by atoms with E-state index in [0.717, 1.165) is 31.6 Å². The molecule has 2 nitrogen and oxygen atoms in total. The lowest BCUT2D eigenvalue weighted by atomic mass is 10.1. The highest BCUT2D eigenvalue weighted by molar-refractivity contribution is 5.95. The second-order valence-corrected chi connectivity index (χ2v) is 5.18. The van der Waals surface area contributed by atoms with E-state index in [-0.39, 0.29) is 5.78 Å². The molecule has 2 heteroatoms. The molecule has 0 N–H and O–H groups in total. The Morgan fingerprint density at radius 2 is 1.89 bits per heavy atom. The summed E-state index contributed by atoms with van der Waals surface area (Å²) in [7, 11) is 0. The van der Waals surface area contributed by atoms with Gasteiger partial charge in [0.2, 0.25) is 0 Å². The maximum absolute atomic E-state index is 11.9. The average Bonchev–Trinajstić information content (AvgIpc) is 2.38. The van der Waals surface area contributed by atoms with Crippen LogP contribution in [0.1, 0.15) is 44.0 Å². The Morgan fingerprint density at radius 1 is 1.22 bits per heavy atom. The Bertz CT molecular complexity index is 345. The predicted molar refractivity (Wildman–Crippen MR) is 77.0 cm³/mol. The van der Waals surface area contributed by atoms with Gasteiger partial charge < -0.3 is 4.90 Å². The monoisotopic (exact) mass is 247 g/mol. The summed E-state index contributed by atoms with van der Waals surface area (Å²) in [5, 5.41) is 0. The number of nitrogens with zero attached hydrogens (tertiary/aromatic N) is 1. The van der Waals surface area contributed by atoms with Gasteiger partial charge in [-0.2, -0.15) is 0 Å². The lowest BCUT2D eigenvalue weighted by Crippen LogP contribution is -2.28. The molecular formula is C16H25NO. The largest absolute Gasteiger partial charge is 0.303 e. The molecule has 0 amide bonds. The number of hydrogen-bond donors (Lipinski definition) is 0. The van der Waals surface area contributed by atoms with E-state index in [1.54, 1.807) is 0 Å². The maximum atomic E-state index is 11.9. The molecule has 0 aliphatic heterocycles. The van der Waals surface area contributed by atoms with Gasteiger partial charge in [-0.05, 0) is 25.4 Å². The molecule has 0 radical (unpaired) electrons. The summed E-state index contributed by atoms with van der Waals surface area (Å²) in [6.07, 6.45) is 1.60. The Morgan fingerprint density at radius 3 is 2.44 bits per heavy atom. The smallest absolute Gasteiger partial charge is 0.162 e. The van der Waals surface area contributed by atoms with Crippen LogP contribution < -0.4 is 0 Å². The van der Waals surface area contributed by atoms with E-state index in [1.807, 2.05) is 30.3 Å². The van der Waals surface area contributed by atoms with Gasteiger partial charge in [0.15, 0.2) is 5.78 Å². The molecule has 1 aromatic rings. The third-order valence-electron chi connectivity index (χ3n) is 3.04. The summed E-state index contributed by atoms with van der Waals surface area (Å²) in [4.78, 5) is 14.3. The number of benzene rings is 1. The van der Waals surface area contributed by atoms with Gasteiger partial charge in [0.1, 0.15) is 0 Å². The molecule has 0 saturated heterocycles. The maximum Gasteiger partial charge on any atom is 0.162 e. The summed E-state index contributed by atoms with van der Waals surface area (Å²) in [5.41, 5.74) is 0.837. The number of rotatable bonds is 8. The van der Waals surface area contributed by atoms with E-state index in [4.69, 9.17) is 0 Å². The Hall–Kier alpha value is -1.15. The van der Waals surface area contributed by atoms with Crippen molar-refractivity contribution < 1.29 is 4.79 Å². The minimum absolute atomic E-state index is 0.260. The molecule has 1 aromatic carbocycles. The molecule has 100 valence electrons. The molecular weight excluding hydrogens is 222 g/mol. The van der Waals surface area contributed by atoms with Crippen LogP contribution in [-0.4, -0.2) is 30.3 Å². The first kappa shape index (κ1) is 14.9. The van der Waals surface area contributed by atoms with Crippen LogP contribution in [0.3, 0.4) is 0 Å². The standard InChI is InChI=1S/C16H25NO/c1-4-17(13-14(2)3)12-8-11-16(18)15-9-6-5-7-10-15/h5-7,9-10,14H,4,8,11-13H2,1-3H3. The molecule has 0 aromatic heterocycles. The SMILES string of the molecule is CCN(CCCC(=O)c1ccccc1)CC(C)C. The van der Waals surface area contributed by atoms with Crippen LogP contribution in [0.25, 0.3) is 0 Å². The molecule has 0 aliphatic carbocycles. The van der Waals surface area contributed by atoms with E-state index in [1.165, 1.54) is 0 Å². The molecule has 18 heavy (non-hydrogen) atoms. The minimum atomic E-state index is 0.260. The number of carbonyl (C=O) groups is 1. The third-order valence-corrected chi connectivity index (χ3v) is 3.04. The van der Waals surface area contributed by atoms with Gasteiger partial charge in [-0.1, -0.05) is 51.1 Å². The number of carbonyl (C=O) groups excluding carboxylic acids is 1. The van der Waals surface area contributed by atoms with Gasteiger partial charge in [-0.3, -0.25) is 4.79 Å². The van der Waals surface area contributed by atoms with Crippen LogP contribution in [0.4, 0.5) is 0 Å². The molecule has 0 saturated carbocycles. The van der Waals surface area contributed by atoms with E-state index >= 15 is 0 Å². The van der Waals surface area contributed by atoms with Crippen molar-refractivity contribution in [3.63, 3.8) is 0 Å². The van der Waals surface area contributed by atoms with Crippen molar-refractivity contribution in [2.24, 2.45) is 5.92 Å². The van der Waals surface area contributed by atoms with E-state index in [0.29, 0.717) is 12.3 Å². The second-order valence-electron chi connectivity index (χ2n) is 5.18. The van der Waals surface area contributed by atoms with Gasteiger partial charge >= 0.3 is 0 Å². The van der Waals surface area contributed by atoms with Gasteiger partial charge in [0, 0.05) is 18.5 Å². The number of Topliss-reactive ketones (excluding diaryl/α,β-unsaturated/α-hetero) is 1. The zero-order chi connectivity index (χ0) is 13.4. The lowest BCUT2D eigenvalue weighted by molar-refractivity contribution is 0.0974. The molecule has 0 bridgehead atoms. The summed E-state index contributed by atoms with van der Waals surface area (Å²) >= 11 is 0. The quantitative estimate of drug-likeness (QED) is 0.654. The van der Waals surface area contributed by atoms with Crippen molar-refractivity contribution in [3.8, 4) is 0 Å². The number of ketones is 1. The summed E-state index contributed by atoms with van der Waals surface area (Å²) in [5.74, 6) is 0.950. The summed E-state index contributed by atoms with van der Waals surface area (Å²) in [6, 6.07) is 9.58. The van der Waals surface area contributed by atoms with Crippen molar-refractivity contribution in [2.75, 3.05) is 19.6 Å². The fraction of sp³-hybridized carbons (Fsp3) is 0.562. The molecule has 0 fully saturated rings. The van der Waals surface area contributed by atoms with Crippen LogP contribution in [0.15, 0.2) is 30.3 Å².